The average Bonchev–Trinajstić information content (AvgIpc) is 2.43. The maximum absolute atomic E-state index is 12.4. The van der Waals surface area contributed by atoms with Crippen LogP contribution in [0.15, 0.2) is 24.3 Å². The molecule has 0 aliphatic rings. The zero-order valence-corrected chi connectivity index (χ0v) is 13.8. The topological polar surface area (TPSA) is 83.5 Å². The van der Waals surface area contributed by atoms with Crippen molar-refractivity contribution in [3.63, 3.8) is 0 Å². The van der Waals surface area contributed by atoms with E-state index in [9.17, 15) is 14.4 Å². The number of hydrogen-bond acceptors (Lipinski definition) is 4. The van der Waals surface area contributed by atoms with Crippen LogP contribution in [0.4, 0.5) is 5.69 Å². The Bertz CT molecular complexity index is 557. The molecule has 1 rings (SSSR count). The molecule has 120 valence electrons. The van der Waals surface area contributed by atoms with Crippen molar-refractivity contribution in [2.45, 2.75) is 27.2 Å². The standard InChI is InChI=1S/C16H21NO4S/c1-10(2)7-13(9-22-11(3)18)15(19)17-14-6-4-5-12(8-14)16(20)21/h4-6,8,10,13H,7,9H2,1-3H3,(H,17,19)(H,20,21). The van der Waals surface area contributed by atoms with Crippen molar-refractivity contribution >= 4 is 34.4 Å². The minimum absolute atomic E-state index is 0.0190. The Labute approximate surface area is 134 Å². The molecule has 22 heavy (non-hydrogen) atoms. The number of hydrogen-bond donors (Lipinski definition) is 2. The number of amides is 1. The van der Waals surface area contributed by atoms with E-state index in [0.29, 0.717) is 23.8 Å². The van der Waals surface area contributed by atoms with Crippen LogP contribution in [-0.2, 0) is 9.59 Å². The first-order valence-corrected chi connectivity index (χ1v) is 8.05. The van der Waals surface area contributed by atoms with Gasteiger partial charge in [0.1, 0.15) is 0 Å². The molecule has 1 amide bonds. The van der Waals surface area contributed by atoms with Crippen molar-refractivity contribution in [1.29, 1.82) is 0 Å². The number of carboxylic acid groups (broad SMARTS) is 1. The fraction of sp³-hybridized carbons (Fsp3) is 0.438. The average molecular weight is 323 g/mol. The number of thioether (sulfide) groups is 1. The molecule has 0 spiro atoms. The first-order chi connectivity index (χ1) is 10.3. The van der Waals surface area contributed by atoms with E-state index in [1.165, 1.54) is 19.1 Å². The molecule has 0 fully saturated rings. The first kappa shape index (κ1) is 18.2. The van der Waals surface area contributed by atoms with Crippen molar-refractivity contribution < 1.29 is 19.5 Å². The molecule has 0 saturated heterocycles. The summed E-state index contributed by atoms with van der Waals surface area (Å²) >= 11 is 1.13. The highest BCUT2D eigenvalue weighted by atomic mass is 32.2. The quantitative estimate of drug-likeness (QED) is 0.804. The highest BCUT2D eigenvalue weighted by molar-refractivity contribution is 8.13. The van der Waals surface area contributed by atoms with Gasteiger partial charge >= 0.3 is 5.97 Å². The van der Waals surface area contributed by atoms with E-state index in [1.54, 1.807) is 12.1 Å². The molecule has 0 bridgehead atoms. The Balaban J connectivity index is 2.78. The minimum atomic E-state index is -1.04. The summed E-state index contributed by atoms with van der Waals surface area (Å²) in [5, 5.41) is 11.7. The number of anilines is 1. The predicted molar refractivity (Wildman–Crippen MR) is 88.1 cm³/mol. The van der Waals surface area contributed by atoms with Gasteiger partial charge in [0.25, 0.3) is 0 Å². The van der Waals surface area contributed by atoms with Crippen LogP contribution in [0.25, 0.3) is 0 Å². The molecule has 1 atom stereocenters. The van der Waals surface area contributed by atoms with Crippen LogP contribution in [0, 0.1) is 11.8 Å². The van der Waals surface area contributed by atoms with Crippen molar-refractivity contribution in [1.82, 2.24) is 0 Å². The summed E-state index contributed by atoms with van der Waals surface area (Å²) in [4.78, 5) is 34.4. The number of rotatable bonds is 7. The van der Waals surface area contributed by atoms with Gasteiger partial charge in [-0.2, -0.15) is 0 Å². The molecular weight excluding hydrogens is 302 g/mol. The fourth-order valence-electron chi connectivity index (χ4n) is 2.01. The third-order valence-electron chi connectivity index (χ3n) is 2.99. The summed E-state index contributed by atoms with van der Waals surface area (Å²) in [7, 11) is 0. The largest absolute Gasteiger partial charge is 0.478 e. The lowest BCUT2D eigenvalue weighted by Gasteiger charge is -2.18. The maximum atomic E-state index is 12.4. The van der Waals surface area contributed by atoms with E-state index < -0.39 is 5.97 Å². The van der Waals surface area contributed by atoms with Crippen LogP contribution in [0.1, 0.15) is 37.6 Å². The van der Waals surface area contributed by atoms with Gasteiger partial charge in [-0.25, -0.2) is 4.79 Å². The number of benzene rings is 1. The Hall–Kier alpha value is -1.82. The van der Waals surface area contributed by atoms with Gasteiger partial charge in [0.15, 0.2) is 5.12 Å². The summed E-state index contributed by atoms with van der Waals surface area (Å²) in [5.41, 5.74) is 0.572. The Morgan fingerprint density at radius 2 is 1.95 bits per heavy atom. The maximum Gasteiger partial charge on any atom is 0.335 e. The third-order valence-corrected chi connectivity index (χ3v) is 3.97. The summed E-state index contributed by atoms with van der Waals surface area (Å²) in [5.74, 6) is -0.763. The van der Waals surface area contributed by atoms with Crippen LogP contribution in [0.3, 0.4) is 0 Å². The van der Waals surface area contributed by atoms with Crippen molar-refractivity contribution in [3.05, 3.63) is 29.8 Å². The zero-order valence-electron chi connectivity index (χ0n) is 13.0. The van der Waals surface area contributed by atoms with Gasteiger partial charge in [-0.15, -0.1) is 0 Å². The van der Waals surface area contributed by atoms with Crippen LogP contribution >= 0.6 is 11.8 Å². The molecule has 0 heterocycles. The van der Waals surface area contributed by atoms with Gasteiger partial charge in [0.2, 0.25) is 5.91 Å². The molecule has 1 aromatic carbocycles. The molecule has 1 aromatic rings. The smallest absolute Gasteiger partial charge is 0.335 e. The molecule has 5 nitrogen and oxygen atoms in total. The predicted octanol–water partition coefficient (Wildman–Crippen LogP) is 3.27. The third kappa shape index (κ3) is 6.30. The molecule has 0 aliphatic carbocycles. The molecule has 0 aromatic heterocycles. The molecule has 0 saturated carbocycles. The van der Waals surface area contributed by atoms with Gasteiger partial charge in [-0.05, 0) is 30.5 Å². The fourth-order valence-corrected chi connectivity index (χ4v) is 2.74. The van der Waals surface area contributed by atoms with Crippen LogP contribution in [0.2, 0.25) is 0 Å². The van der Waals surface area contributed by atoms with Gasteiger partial charge in [-0.1, -0.05) is 31.7 Å². The summed E-state index contributed by atoms with van der Waals surface area (Å²) in [6.07, 6.45) is 0.671. The molecule has 1 unspecified atom stereocenters. The lowest BCUT2D eigenvalue weighted by molar-refractivity contribution is -0.119. The van der Waals surface area contributed by atoms with Gasteiger partial charge in [-0.3, -0.25) is 9.59 Å². The van der Waals surface area contributed by atoms with Gasteiger partial charge in [0, 0.05) is 24.3 Å². The Morgan fingerprint density at radius 3 is 2.50 bits per heavy atom. The van der Waals surface area contributed by atoms with Gasteiger partial charge < -0.3 is 10.4 Å². The van der Waals surface area contributed by atoms with E-state index in [1.807, 2.05) is 13.8 Å². The second-order valence-corrected chi connectivity index (χ2v) is 6.70. The molecule has 0 radical (unpaired) electrons. The number of carbonyl (C=O) groups excluding carboxylic acids is 2. The monoisotopic (exact) mass is 323 g/mol. The second-order valence-electron chi connectivity index (χ2n) is 5.50. The Kier molecular flexibility index (Phi) is 7.11. The molecule has 6 heteroatoms. The van der Waals surface area contributed by atoms with Crippen LogP contribution in [0.5, 0.6) is 0 Å². The van der Waals surface area contributed by atoms with E-state index >= 15 is 0 Å². The van der Waals surface area contributed by atoms with Crippen molar-refractivity contribution in [2.24, 2.45) is 11.8 Å². The normalized spacial score (nSPS) is 12.0. The van der Waals surface area contributed by atoms with E-state index in [2.05, 4.69) is 5.32 Å². The highest BCUT2D eigenvalue weighted by Gasteiger charge is 2.21. The first-order valence-electron chi connectivity index (χ1n) is 7.07. The number of aromatic carboxylic acids is 1. The lowest BCUT2D eigenvalue weighted by Crippen LogP contribution is -2.26. The highest BCUT2D eigenvalue weighted by Crippen LogP contribution is 2.20. The summed E-state index contributed by atoms with van der Waals surface area (Å²) in [6.45, 7) is 5.51. The number of carboxylic acids is 1. The van der Waals surface area contributed by atoms with Crippen molar-refractivity contribution in [3.8, 4) is 0 Å². The zero-order chi connectivity index (χ0) is 16.7. The van der Waals surface area contributed by atoms with Crippen LogP contribution in [-0.4, -0.2) is 27.9 Å². The number of nitrogens with one attached hydrogen (secondary N) is 1. The van der Waals surface area contributed by atoms with Crippen molar-refractivity contribution in [2.75, 3.05) is 11.1 Å². The van der Waals surface area contributed by atoms with E-state index in [-0.39, 0.29) is 22.5 Å². The van der Waals surface area contributed by atoms with Crippen LogP contribution < -0.4 is 5.32 Å². The molecule has 2 N–H and O–H groups in total. The summed E-state index contributed by atoms with van der Waals surface area (Å²) < 4.78 is 0. The number of carbonyl (C=O) groups is 3. The Morgan fingerprint density at radius 1 is 1.27 bits per heavy atom. The minimum Gasteiger partial charge on any atom is -0.478 e. The second kappa shape index (κ2) is 8.58. The SMILES string of the molecule is CC(=O)SCC(CC(C)C)C(=O)Nc1cccc(C(=O)O)c1. The lowest BCUT2D eigenvalue weighted by atomic mass is 9.98. The van der Waals surface area contributed by atoms with E-state index in [0.717, 1.165) is 11.8 Å². The van der Waals surface area contributed by atoms with E-state index in [4.69, 9.17) is 5.11 Å². The molecule has 0 aliphatic heterocycles. The summed E-state index contributed by atoms with van der Waals surface area (Å²) in [6, 6.07) is 6.12. The molecular formula is C16H21NO4S. The van der Waals surface area contributed by atoms with Gasteiger partial charge in [0.05, 0.1) is 5.56 Å².